The summed E-state index contributed by atoms with van der Waals surface area (Å²) in [6, 6.07) is 1.30. The number of aryl methyl sites for hydroxylation is 2. The van der Waals surface area contributed by atoms with E-state index in [2.05, 4.69) is 5.10 Å². The predicted octanol–water partition coefficient (Wildman–Crippen LogP) is 2.16. The van der Waals surface area contributed by atoms with E-state index in [1.54, 1.807) is 30.2 Å². The summed E-state index contributed by atoms with van der Waals surface area (Å²) >= 11 is 1.11. The van der Waals surface area contributed by atoms with E-state index in [0.717, 1.165) is 11.3 Å². The maximum atomic E-state index is 13.2. The molecule has 3 nitrogen and oxygen atoms in total. The van der Waals surface area contributed by atoms with Crippen LogP contribution in [0.4, 0.5) is 4.39 Å². The van der Waals surface area contributed by atoms with E-state index in [1.807, 2.05) is 0 Å². The van der Waals surface area contributed by atoms with Crippen LogP contribution in [0.25, 0.3) is 0 Å². The Hall–Kier alpha value is -1.49. The molecule has 0 bridgehead atoms. The van der Waals surface area contributed by atoms with Gasteiger partial charge in [0.25, 0.3) is 0 Å². The molecule has 0 radical (unpaired) electrons. The largest absolute Gasteiger partial charge is 0.287 e. The van der Waals surface area contributed by atoms with Gasteiger partial charge in [0.05, 0.1) is 11.3 Å². The van der Waals surface area contributed by atoms with Gasteiger partial charge in [0, 0.05) is 13.2 Å². The first-order valence-electron chi connectivity index (χ1n) is 4.37. The summed E-state index contributed by atoms with van der Waals surface area (Å²) in [4.78, 5) is 12.0. The number of rotatable bonds is 2. The molecule has 0 fully saturated rings. The van der Waals surface area contributed by atoms with E-state index in [0.29, 0.717) is 11.3 Å². The van der Waals surface area contributed by atoms with Crippen molar-refractivity contribution in [3.05, 3.63) is 39.6 Å². The van der Waals surface area contributed by atoms with Crippen LogP contribution in [0.2, 0.25) is 0 Å². The van der Waals surface area contributed by atoms with Gasteiger partial charge in [-0.3, -0.25) is 9.48 Å². The van der Waals surface area contributed by atoms with Crippen molar-refractivity contribution in [2.45, 2.75) is 6.92 Å². The number of hydrogen-bond acceptors (Lipinski definition) is 3. The van der Waals surface area contributed by atoms with Crippen LogP contribution >= 0.6 is 11.3 Å². The molecule has 78 valence electrons. The summed E-state index contributed by atoms with van der Waals surface area (Å²) in [5, 5.41) is 5.61. The first-order valence-corrected chi connectivity index (χ1v) is 5.25. The van der Waals surface area contributed by atoms with Crippen molar-refractivity contribution in [3.8, 4) is 0 Å². The quantitative estimate of drug-likeness (QED) is 0.733. The predicted molar refractivity (Wildman–Crippen MR) is 55.7 cm³/mol. The number of nitrogens with zero attached hydrogens (tertiary/aromatic N) is 2. The number of carbonyl (C=O) groups excluding carboxylic acids is 1. The number of thiophene rings is 1. The van der Waals surface area contributed by atoms with Gasteiger partial charge in [-0.2, -0.15) is 5.10 Å². The highest BCUT2D eigenvalue weighted by molar-refractivity contribution is 7.12. The molecule has 0 aliphatic heterocycles. The Morgan fingerprint density at radius 1 is 1.60 bits per heavy atom. The lowest BCUT2D eigenvalue weighted by molar-refractivity contribution is 0.103. The highest BCUT2D eigenvalue weighted by Gasteiger charge is 2.19. The Kier molecular flexibility index (Phi) is 2.40. The minimum atomic E-state index is -0.465. The van der Waals surface area contributed by atoms with Crippen molar-refractivity contribution in [1.29, 1.82) is 0 Å². The standard InChI is InChI=1S/C10H9FN2OS/c1-6-7(5-13(2)12-6)9(14)10-8(11)3-4-15-10/h3-5H,1-2H3. The molecule has 0 N–H and O–H groups in total. The molecule has 2 aromatic rings. The molecule has 0 atom stereocenters. The molecule has 0 aromatic carbocycles. The molecule has 15 heavy (non-hydrogen) atoms. The lowest BCUT2D eigenvalue weighted by atomic mass is 10.1. The summed E-state index contributed by atoms with van der Waals surface area (Å²) in [5.41, 5.74) is 1.08. The first kappa shape index (κ1) is 10.0. The number of aromatic nitrogens is 2. The molecule has 0 spiro atoms. The zero-order valence-corrected chi connectivity index (χ0v) is 9.14. The average molecular weight is 224 g/mol. The van der Waals surface area contributed by atoms with Crippen LogP contribution in [-0.2, 0) is 7.05 Å². The smallest absolute Gasteiger partial charge is 0.209 e. The van der Waals surface area contributed by atoms with Crippen molar-refractivity contribution in [2.75, 3.05) is 0 Å². The summed E-state index contributed by atoms with van der Waals surface area (Å²) in [7, 11) is 1.73. The Balaban J connectivity index is 2.45. The zero-order chi connectivity index (χ0) is 11.0. The van der Waals surface area contributed by atoms with Gasteiger partial charge in [-0.1, -0.05) is 0 Å². The van der Waals surface area contributed by atoms with Gasteiger partial charge < -0.3 is 0 Å². The highest BCUT2D eigenvalue weighted by Crippen LogP contribution is 2.20. The van der Waals surface area contributed by atoms with E-state index in [9.17, 15) is 9.18 Å². The topological polar surface area (TPSA) is 34.9 Å². The van der Waals surface area contributed by atoms with Gasteiger partial charge in [0.15, 0.2) is 0 Å². The second-order valence-corrected chi connectivity index (χ2v) is 4.14. The normalized spacial score (nSPS) is 10.6. The van der Waals surface area contributed by atoms with Gasteiger partial charge >= 0.3 is 0 Å². The van der Waals surface area contributed by atoms with Crippen molar-refractivity contribution in [1.82, 2.24) is 9.78 Å². The van der Waals surface area contributed by atoms with Crippen LogP contribution in [0.15, 0.2) is 17.6 Å². The monoisotopic (exact) mass is 224 g/mol. The molecule has 5 heteroatoms. The minimum Gasteiger partial charge on any atom is -0.287 e. The summed E-state index contributed by atoms with van der Waals surface area (Å²) in [6.07, 6.45) is 1.61. The average Bonchev–Trinajstić information content (AvgIpc) is 2.71. The lowest BCUT2D eigenvalue weighted by Crippen LogP contribution is -2.01. The van der Waals surface area contributed by atoms with Crippen LogP contribution in [0, 0.1) is 12.7 Å². The molecule has 0 saturated heterocycles. The second kappa shape index (κ2) is 3.58. The first-order chi connectivity index (χ1) is 7.09. The number of ketones is 1. The maximum Gasteiger partial charge on any atom is 0.209 e. The molecule has 2 rings (SSSR count). The Bertz CT molecular complexity index is 515. The molecule has 0 aliphatic rings. The third kappa shape index (κ3) is 1.70. The third-order valence-corrected chi connectivity index (χ3v) is 2.97. The summed E-state index contributed by atoms with van der Waals surface area (Å²) in [5.74, 6) is -0.763. The summed E-state index contributed by atoms with van der Waals surface area (Å²) in [6.45, 7) is 1.73. The van der Waals surface area contributed by atoms with E-state index >= 15 is 0 Å². The molecule has 0 amide bonds. The summed E-state index contributed by atoms with van der Waals surface area (Å²) < 4.78 is 14.7. The molecular formula is C10H9FN2OS. The Morgan fingerprint density at radius 2 is 2.33 bits per heavy atom. The Morgan fingerprint density at radius 3 is 2.80 bits per heavy atom. The highest BCUT2D eigenvalue weighted by atomic mass is 32.1. The van der Waals surface area contributed by atoms with Crippen LogP contribution < -0.4 is 0 Å². The zero-order valence-electron chi connectivity index (χ0n) is 8.32. The van der Waals surface area contributed by atoms with Gasteiger partial charge in [-0.05, 0) is 18.4 Å². The van der Waals surface area contributed by atoms with Crippen LogP contribution in [-0.4, -0.2) is 15.6 Å². The minimum absolute atomic E-state index is 0.145. The van der Waals surface area contributed by atoms with Gasteiger partial charge in [0.2, 0.25) is 5.78 Å². The van der Waals surface area contributed by atoms with Crippen molar-refractivity contribution in [2.24, 2.45) is 7.05 Å². The van der Waals surface area contributed by atoms with Gasteiger partial charge in [-0.15, -0.1) is 11.3 Å². The fraction of sp³-hybridized carbons (Fsp3) is 0.200. The SMILES string of the molecule is Cc1nn(C)cc1C(=O)c1sccc1F. The van der Waals surface area contributed by atoms with Crippen LogP contribution in [0.5, 0.6) is 0 Å². The number of halogens is 1. The second-order valence-electron chi connectivity index (χ2n) is 3.23. The number of carbonyl (C=O) groups is 1. The molecule has 0 unspecified atom stereocenters. The van der Waals surface area contributed by atoms with Crippen molar-refractivity contribution < 1.29 is 9.18 Å². The molecular weight excluding hydrogens is 215 g/mol. The van der Waals surface area contributed by atoms with Crippen molar-refractivity contribution >= 4 is 17.1 Å². The van der Waals surface area contributed by atoms with Gasteiger partial charge in [0.1, 0.15) is 10.7 Å². The van der Waals surface area contributed by atoms with Crippen LogP contribution in [0.1, 0.15) is 20.9 Å². The number of hydrogen-bond donors (Lipinski definition) is 0. The third-order valence-electron chi connectivity index (χ3n) is 2.08. The van der Waals surface area contributed by atoms with E-state index in [-0.39, 0.29) is 10.7 Å². The van der Waals surface area contributed by atoms with E-state index in [4.69, 9.17) is 0 Å². The molecule has 2 heterocycles. The fourth-order valence-corrected chi connectivity index (χ4v) is 2.12. The van der Waals surface area contributed by atoms with Gasteiger partial charge in [-0.25, -0.2) is 4.39 Å². The lowest BCUT2D eigenvalue weighted by Gasteiger charge is -1.94. The molecule has 2 aromatic heterocycles. The van der Waals surface area contributed by atoms with Crippen LogP contribution in [0.3, 0.4) is 0 Å². The van der Waals surface area contributed by atoms with E-state index < -0.39 is 5.82 Å². The Labute approximate surface area is 90.2 Å². The molecule has 0 aliphatic carbocycles. The maximum absolute atomic E-state index is 13.2. The fourth-order valence-electron chi connectivity index (χ4n) is 1.40. The molecule has 0 saturated carbocycles. The van der Waals surface area contributed by atoms with Crippen molar-refractivity contribution in [3.63, 3.8) is 0 Å². The van der Waals surface area contributed by atoms with E-state index in [1.165, 1.54) is 6.07 Å².